The molecule has 2 atom stereocenters. The van der Waals surface area contributed by atoms with Crippen LogP contribution in [-0.2, 0) is 5.41 Å². The third-order valence-electron chi connectivity index (χ3n) is 5.51. The Balaban J connectivity index is 0.00000243. The molecule has 2 fully saturated rings. The van der Waals surface area contributed by atoms with Gasteiger partial charge in [-0.3, -0.25) is 9.89 Å². The number of guanidine groups is 1. The Labute approximate surface area is 174 Å². The lowest BCUT2D eigenvalue weighted by Gasteiger charge is -2.27. The Kier molecular flexibility index (Phi) is 7.30. The lowest BCUT2D eigenvalue weighted by Crippen LogP contribution is -2.48. The van der Waals surface area contributed by atoms with Crippen molar-refractivity contribution in [2.24, 2.45) is 4.99 Å². The van der Waals surface area contributed by atoms with Gasteiger partial charge in [0.1, 0.15) is 5.82 Å². The molecule has 1 heterocycles. The quantitative estimate of drug-likeness (QED) is 0.390. The van der Waals surface area contributed by atoms with E-state index >= 15 is 0 Å². The molecule has 1 aromatic carbocycles. The van der Waals surface area contributed by atoms with E-state index in [2.05, 4.69) is 41.3 Å². The molecule has 6 heteroatoms. The van der Waals surface area contributed by atoms with E-state index < -0.39 is 0 Å². The molecule has 2 aliphatic rings. The smallest absolute Gasteiger partial charge is 0.191 e. The lowest BCUT2D eigenvalue weighted by molar-refractivity contribution is 0.256. The van der Waals surface area contributed by atoms with Crippen molar-refractivity contribution in [1.29, 1.82) is 0 Å². The molecule has 0 bridgehead atoms. The number of likely N-dealkylation sites (tertiary alicyclic amines) is 1. The summed E-state index contributed by atoms with van der Waals surface area (Å²) in [6.07, 6.45) is 3.86. The average molecular weight is 474 g/mol. The van der Waals surface area contributed by atoms with E-state index in [0.717, 1.165) is 30.5 Å². The van der Waals surface area contributed by atoms with Gasteiger partial charge in [0.05, 0.1) is 0 Å². The van der Waals surface area contributed by atoms with Crippen molar-refractivity contribution in [3.05, 3.63) is 35.6 Å². The summed E-state index contributed by atoms with van der Waals surface area (Å²) in [4.78, 5) is 7.00. The summed E-state index contributed by atoms with van der Waals surface area (Å²) in [5, 5.41) is 6.99. The molecule has 3 rings (SSSR count). The normalized spacial score (nSPS) is 24.3. The number of halogens is 2. The Bertz CT molecular complexity index is 630. The van der Waals surface area contributed by atoms with E-state index in [9.17, 15) is 4.39 Å². The first-order valence-electron chi connectivity index (χ1n) is 9.38. The highest BCUT2D eigenvalue weighted by Gasteiger charge is 2.39. The summed E-state index contributed by atoms with van der Waals surface area (Å²) in [5.74, 6) is 0.646. The maximum Gasteiger partial charge on any atom is 0.191 e. The standard InChI is InChI=1S/C20H31FN4.HI/c1-14-10-17(12-25(14)18-8-9-18)24-19(22-4)23-13-20(2,3)15-6-5-7-16(21)11-15;/h5-7,11,14,17-18H,8-10,12-13H2,1-4H3,(H2,22,23,24);1H. The molecule has 26 heavy (non-hydrogen) atoms. The van der Waals surface area contributed by atoms with Crippen LogP contribution in [0.2, 0.25) is 0 Å². The molecule has 1 saturated heterocycles. The number of aliphatic imine (C=N–C) groups is 1. The van der Waals surface area contributed by atoms with Gasteiger partial charge in [-0.15, -0.1) is 24.0 Å². The zero-order valence-electron chi connectivity index (χ0n) is 16.3. The minimum atomic E-state index is -0.187. The van der Waals surface area contributed by atoms with E-state index in [1.165, 1.54) is 18.9 Å². The van der Waals surface area contributed by atoms with Gasteiger partial charge in [0, 0.05) is 43.7 Å². The topological polar surface area (TPSA) is 39.7 Å². The van der Waals surface area contributed by atoms with Crippen LogP contribution in [0.3, 0.4) is 0 Å². The highest BCUT2D eigenvalue weighted by atomic mass is 127. The van der Waals surface area contributed by atoms with Crippen molar-refractivity contribution in [3.8, 4) is 0 Å². The molecule has 0 radical (unpaired) electrons. The molecule has 2 unspecified atom stereocenters. The van der Waals surface area contributed by atoms with Crippen LogP contribution in [0.15, 0.2) is 29.3 Å². The second-order valence-electron chi connectivity index (χ2n) is 8.17. The van der Waals surface area contributed by atoms with Crippen molar-refractivity contribution >= 4 is 29.9 Å². The monoisotopic (exact) mass is 474 g/mol. The zero-order chi connectivity index (χ0) is 18.0. The number of rotatable bonds is 5. The minimum Gasteiger partial charge on any atom is -0.356 e. The molecule has 1 saturated carbocycles. The van der Waals surface area contributed by atoms with Gasteiger partial charge in [0.15, 0.2) is 5.96 Å². The maximum absolute atomic E-state index is 13.5. The largest absolute Gasteiger partial charge is 0.356 e. The minimum absolute atomic E-state index is 0. The van der Waals surface area contributed by atoms with Crippen LogP contribution in [0.25, 0.3) is 0 Å². The van der Waals surface area contributed by atoms with Crippen LogP contribution < -0.4 is 10.6 Å². The third kappa shape index (κ3) is 5.31. The van der Waals surface area contributed by atoms with E-state index in [1.807, 2.05) is 13.1 Å². The zero-order valence-corrected chi connectivity index (χ0v) is 18.6. The van der Waals surface area contributed by atoms with Crippen LogP contribution in [0, 0.1) is 5.82 Å². The van der Waals surface area contributed by atoms with Crippen molar-refractivity contribution in [3.63, 3.8) is 0 Å². The van der Waals surface area contributed by atoms with Gasteiger partial charge in [0.2, 0.25) is 0 Å². The molecule has 1 aliphatic heterocycles. The van der Waals surface area contributed by atoms with Gasteiger partial charge < -0.3 is 10.6 Å². The Hall–Kier alpha value is -0.890. The second kappa shape index (κ2) is 8.87. The summed E-state index contributed by atoms with van der Waals surface area (Å²) in [6, 6.07) is 8.75. The van der Waals surface area contributed by atoms with Crippen LogP contribution in [0.1, 0.15) is 45.6 Å². The first-order valence-corrected chi connectivity index (χ1v) is 9.38. The summed E-state index contributed by atoms with van der Waals surface area (Å²) in [6.45, 7) is 8.36. The van der Waals surface area contributed by atoms with Crippen LogP contribution >= 0.6 is 24.0 Å². The van der Waals surface area contributed by atoms with E-state index in [-0.39, 0.29) is 35.2 Å². The van der Waals surface area contributed by atoms with E-state index in [1.54, 1.807) is 12.1 Å². The van der Waals surface area contributed by atoms with Crippen molar-refractivity contribution < 1.29 is 4.39 Å². The fraction of sp³-hybridized carbons (Fsp3) is 0.650. The van der Waals surface area contributed by atoms with Gasteiger partial charge in [-0.25, -0.2) is 4.39 Å². The maximum atomic E-state index is 13.5. The van der Waals surface area contributed by atoms with Gasteiger partial charge in [-0.1, -0.05) is 26.0 Å². The fourth-order valence-electron chi connectivity index (χ4n) is 3.78. The molecule has 2 N–H and O–H groups in total. The fourth-order valence-corrected chi connectivity index (χ4v) is 3.78. The highest BCUT2D eigenvalue weighted by molar-refractivity contribution is 14.0. The predicted molar refractivity (Wildman–Crippen MR) is 117 cm³/mol. The SMILES string of the molecule is CN=C(NCC(C)(C)c1cccc(F)c1)NC1CC(C)N(C2CC2)C1.I. The summed E-state index contributed by atoms with van der Waals surface area (Å²) >= 11 is 0. The predicted octanol–water partition coefficient (Wildman–Crippen LogP) is 3.51. The lowest BCUT2D eigenvalue weighted by atomic mass is 9.84. The molecule has 0 spiro atoms. The number of nitrogens with one attached hydrogen (secondary N) is 2. The van der Waals surface area contributed by atoms with Crippen molar-refractivity contribution in [2.45, 2.75) is 63.6 Å². The average Bonchev–Trinajstić information content (AvgIpc) is 3.35. The van der Waals surface area contributed by atoms with Gasteiger partial charge in [-0.05, 0) is 43.9 Å². The summed E-state index contributed by atoms with van der Waals surface area (Å²) in [7, 11) is 1.81. The Morgan fingerprint density at radius 3 is 2.69 bits per heavy atom. The number of hydrogen-bond donors (Lipinski definition) is 2. The first-order chi connectivity index (χ1) is 11.9. The van der Waals surface area contributed by atoms with Crippen molar-refractivity contribution in [2.75, 3.05) is 20.1 Å². The molecule has 4 nitrogen and oxygen atoms in total. The van der Waals surface area contributed by atoms with Gasteiger partial charge in [-0.2, -0.15) is 0 Å². The molecule has 0 amide bonds. The summed E-state index contributed by atoms with van der Waals surface area (Å²) < 4.78 is 13.5. The van der Waals surface area contributed by atoms with E-state index in [4.69, 9.17) is 0 Å². The van der Waals surface area contributed by atoms with E-state index in [0.29, 0.717) is 18.6 Å². The van der Waals surface area contributed by atoms with Crippen LogP contribution in [0.4, 0.5) is 4.39 Å². The molecule has 1 aromatic rings. The molecular formula is C20H32FIN4. The Morgan fingerprint density at radius 1 is 1.35 bits per heavy atom. The van der Waals surface area contributed by atoms with Gasteiger partial charge >= 0.3 is 0 Å². The highest BCUT2D eigenvalue weighted by Crippen LogP contribution is 2.33. The number of nitrogens with zero attached hydrogens (tertiary/aromatic N) is 2. The number of hydrogen-bond acceptors (Lipinski definition) is 2. The van der Waals surface area contributed by atoms with Crippen molar-refractivity contribution in [1.82, 2.24) is 15.5 Å². The van der Waals surface area contributed by atoms with Crippen LogP contribution in [0.5, 0.6) is 0 Å². The van der Waals surface area contributed by atoms with Gasteiger partial charge in [0.25, 0.3) is 0 Å². The Morgan fingerprint density at radius 2 is 2.08 bits per heavy atom. The molecule has 0 aromatic heterocycles. The summed E-state index contributed by atoms with van der Waals surface area (Å²) in [5.41, 5.74) is 0.813. The molecule has 146 valence electrons. The third-order valence-corrected chi connectivity index (χ3v) is 5.51. The first kappa shape index (κ1) is 21.4. The molecular weight excluding hydrogens is 442 g/mol. The second-order valence-corrected chi connectivity index (χ2v) is 8.17. The van der Waals surface area contributed by atoms with Crippen LogP contribution in [-0.4, -0.2) is 49.1 Å². The molecule has 1 aliphatic carbocycles. The number of benzene rings is 1.